The van der Waals surface area contributed by atoms with E-state index in [4.69, 9.17) is 4.74 Å². The third-order valence-electron chi connectivity index (χ3n) is 3.75. The van der Waals surface area contributed by atoms with Gasteiger partial charge < -0.3 is 4.74 Å². The van der Waals surface area contributed by atoms with Crippen LogP contribution in [0.5, 0.6) is 5.75 Å². The zero-order valence-electron chi connectivity index (χ0n) is 14.3. The Morgan fingerprint density at radius 2 is 1.85 bits per heavy atom. The molecule has 0 aliphatic heterocycles. The molecule has 132 valence electrons. The van der Waals surface area contributed by atoms with Crippen molar-refractivity contribution in [2.45, 2.75) is 11.8 Å². The highest BCUT2D eigenvalue weighted by Crippen LogP contribution is 2.20. The quantitative estimate of drug-likeness (QED) is 0.705. The molecule has 2 aromatic carbocycles. The maximum Gasteiger partial charge on any atom is 0.243 e. The predicted molar refractivity (Wildman–Crippen MR) is 101 cm³/mol. The Bertz CT molecular complexity index is 1080. The van der Waals surface area contributed by atoms with Gasteiger partial charge in [0.1, 0.15) is 17.3 Å². The van der Waals surface area contributed by atoms with Crippen molar-refractivity contribution in [2.75, 3.05) is 13.2 Å². The van der Waals surface area contributed by atoms with Gasteiger partial charge in [-0.1, -0.05) is 48.2 Å². The summed E-state index contributed by atoms with van der Waals surface area (Å²) in [6.07, 6.45) is 1.57. The smallest absolute Gasteiger partial charge is 0.243 e. The second kappa shape index (κ2) is 8.00. The van der Waals surface area contributed by atoms with Crippen molar-refractivity contribution in [1.82, 2.24) is 9.71 Å². The summed E-state index contributed by atoms with van der Waals surface area (Å²) in [5.74, 6) is 6.34. The fourth-order valence-corrected chi connectivity index (χ4v) is 3.55. The predicted octanol–water partition coefficient (Wildman–Crippen LogP) is 2.90. The van der Waals surface area contributed by atoms with Crippen molar-refractivity contribution in [3.8, 4) is 17.6 Å². The number of ether oxygens (including phenoxy) is 1. The highest BCUT2D eigenvalue weighted by Gasteiger charge is 2.16. The molecule has 0 fully saturated rings. The SMILES string of the molecule is Cc1ccccc1OCC#CCNS(=O)(=O)c1cccc2cccnc12. The van der Waals surface area contributed by atoms with E-state index in [1.807, 2.05) is 43.3 Å². The van der Waals surface area contributed by atoms with E-state index >= 15 is 0 Å². The van der Waals surface area contributed by atoms with Crippen molar-refractivity contribution in [3.63, 3.8) is 0 Å². The maximum absolute atomic E-state index is 12.5. The molecule has 26 heavy (non-hydrogen) atoms. The molecule has 1 aromatic heterocycles. The number of benzene rings is 2. The summed E-state index contributed by atoms with van der Waals surface area (Å²) >= 11 is 0. The molecule has 1 N–H and O–H groups in total. The first-order valence-electron chi connectivity index (χ1n) is 8.05. The Morgan fingerprint density at radius 3 is 2.69 bits per heavy atom. The minimum absolute atomic E-state index is 0.00267. The number of sulfonamides is 1. The first-order valence-corrected chi connectivity index (χ1v) is 9.54. The lowest BCUT2D eigenvalue weighted by Crippen LogP contribution is -2.24. The number of aryl methyl sites for hydroxylation is 1. The third kappa shape index (κ3) is 4.20. The number of para-hydroxylation sites is 2. The van der Waals surface area contributed by atoms with Crippen LogP contribution >= 0.6 is 0 Å². The standard InChI is InChI=1S/C20H18N2O3S/c1-16-8-2-3-11-18(16)25-15-5-4-14-22-26(23,24)19-12-6-9-17-10-7-13-21-20(17)19/h2-3,6-13,22H,14-15H2,1H3. The van der Waals surface area contributed by atoms with E-state index in [1.165, 1.54) is 6.07 Å². The molecule has 0 spiro atoms. The molecule has 0 bridgehead atoms. The number of nitrogens with zero attached hydrogens (tertiary/aromatic N) is 1. The number of hydrogen-bond donors (Lipinski definition) is 1. The van der Waals surface area contributed by atoms with Crippen LogP contribution in [0.1, 0.15) is 5.56 Å². The van der Waals surface area contributed by atoms with Crippen LogP contribution in [-0.4, -0.2) is 26.6 Å². The molecular weight excluding hydrogens is 348 g/mol. The van der Waals surface area contributed by atoms with Crippen LogP contribution in [-0.2, 0) is 10.0 Å². The molecule has 0 amide bonds. The summed E-state index contributed by atoms with van der Waals surface area (Å²) in [5, 5.41) is 0.771. The van der Waals surface area contributed by atoms with Gasteiger partial charge in [0.15, 0.2) is 0 Å². The Labute approximate surface area is 153 Å². The van der Waals surface area contributed by atoms with Crippen LogP contribution in [0.15, 0.2) is 65.7 Å². The molecule has 3 aromatic rings. The first kappa shape index (κ1) is 17.9. The van der Waals surface area contributed by atoms with Gasteiger partial charge in [-0.2, -0.15) is 4.72 Å². The fraction of sp³-hybridized carbons (Fsp3) is 0.150. The summed E-state index contributed by atoms with van der Waals surface area (Å²) in [6, 6.07) is 16.3. The lowest BCUT2D eigenvalue weighted by molar-refractivity contribution is 0.367. The van der Waals surface area contributed by atoms with Crippen LogP contribution in [0.4, 0.5) is 0 Å². The lowest BCUT2D eigenvalue weighted by atomic mass is 10.2. The van der Waals surface area contributed by atoms with E-state index in [9.17, 15) is 8.42 Å². The summed E-state index contributed by atoms with van der Waals surface area (Å²) in [4.78, 5) is 4.32. The van der Waals surface area contributed by atoms with Gasteiger partial charge in [-0.05, 0) is 30.7 Å². The normalized spacial score (nSPS) is 11.0. The molecule has 1 heterocycles. The summed E-state index contributed by atoms with van der Waals surface area (Å²) in [5.41, 5.74) is 1.47. The van der Waals surface area contributed by atoms with Crippen molar-refractivity contribution >= 4 is 20.9 Å². The van der Waals surface area contributed by atoms with Gasteiger partial charge in [-0.3, -0.25) is 4.98 Å². The summed E-state index contributed by atoms with van der Waals surface area (Å²) in [6.45, 7) is 2.15. The number of hydrogen-bond acceptors (Lipinski definition) is 4. The topological polar surface area (TPSA) is 68.3 Å². The molecule has 0 aliphatic carbocycles. The average Bonchev–Trinajstić information content (AvgIpc) is 2.65. The summed E-state index contributed by atoms with van der Waals surface area (Å²) < 4.78 is 33.0. The highest BCUT2D eigenvalue weighted by atomic mass is 32.2. The number of aromatic nitrogens is 1. The van der Waals surface area contributed by atoms with E-state index < -0.39 is 10.0 Å². The van der Waals surface area contributed by atoms with Crippen LogP contribution in [0.3, 0.4) is 0 Å². The van der Waals surface area contributed by atoms with Crippen molar-refractivity contribution in [3.05, 3.63) is 66.4 Å². The van der Waals surface area contributed by atoms with Gasteiger partial charge >= 0.3 is 0 Å². The monoisotopic (exact) mass is 366 g/mol. The van der Waals surface area contributed by atoms with Gasteiger partial charge in [-0.15, -0.1) is 0 Å². The molecule has 0 saturated heterocycles. The lowest BCUT2D eigenvalue weighted by Gasteiger charge is -2.07. The Balaban J connectivity index is 1.62. The van der Waals surface area contributed by atoms with E-state index in [0.717, 1.165) is 16.7 Å². The zero-order valence-corrected chi connectivity index (χ0v) is 15.1. The second-order valence-electron chi connectivity index (χ2n) is 5.56. The van der Waals surface area contributed by atoms with Gasteiger partial charge in [0.25, 0.3) is 0 Å². The number of pyridine rings is 1. The van der Waals surface area contributed by atoms with Crippen molar-refractivity contribution in [1.29, 1.82) is 0 Å². The first-order chi connectivity index (χ1) is 12.6. The Kier molecular flexibility index (Phi) is 5.52. The largest absolute Gasteiger partial charge is 0.481 e. The molecular formula is C20H18N2O3S. The van der Waals surface area contributed by atoms with E-state index in [1.54, 1.807) is 18.3 Å². The number of nitrogens with one attached hydrogen (secondary N) is 1. The highest BCUT2D eigenvalue weighted by molar-refractivity contribution is 7.89. The van der Waals surface area contributed by atoms with E-state index in [2.05, 4.69) is 21.5 Å². The molecule has 5 nitrogen and oxygen atoms in total. The molecule has 0 saturated carbocycles. The third-order valence-corrected chi connectivity index (χ3v) is 5.19. The Morgan fingerprint density at radius 1 is 1.04 bits per heavy atom. The van der Waals surface area contributed by atoms with E-state index in [-0.39, 0.29) is 18.0 Å². The van der Waals surface area contributed by atoms with Crippen LogP contribution in [0.2, 0.25) is 0 Å². The van der Waals surface area contributed by atoms with Gasteiger partial charge in [-0.25, -0.2) is 8.42 Å². The van der Waals surface area contributed by atoms with Crippen molar-refractivity contribution < 1.29 is 13.2 Å². The molecule has 6 heteroatoms. The molecule has 3 rings (SSSR count). The minimum atomic E-state index is -3.69. The van der Waals surface area contributed by atoms with Crippen LogP contribution in [0.25, 0.3) is 10.9 Å². The number of rotatable bonds is 5. The van der Waals surface area contributed by atoms with E-state index in [0.29, 0.717) is 5.52 Å². The molecule has 0 atom stereocenters. The summed E-state index contributed by atoms with van der Waals surface area (Å²) in [7, 11) is -3.69. The van der Waals surface area contributed by atoms with Gasteiger partial charge in [0.05, 0.1) is 12.1 Å². The molecule has 0 radical (unpaired) electrons. The minimum Gasteiger partial charge on any atom is -0.481 e. The maximum atomic E-state index is 12.5. The average molecular weight is 366 g/mol. The zero-order chi connectivity index (χ0) is 18.4. The number of fused-ring (bicyclic) bond motifs is 1. The Hall–Kier alpha value is -2.88. The van der Waals surface area contributed by atoms with Crippen LogP contribution < -0.4 is 9.46 Å². The fourth-order valence-electron chi connectivity index (χ4n) is 2.45. The molecule has 0 unspecified atom stereocenters. The second-order valence-corrected chi connectivity index (χ2v) is 7.30. The van der Waals surface area contributed by atoms with Crippen molar-refractivity contribution in [2.24, 2.45) is 0 Å². The molecule has 0 aliphatic rings. The van der Waals surface area contributed by atoms with Crippen LogP contribution in [0, 0.1) is 18.8 Å². The van der Waals surface area contributed by atoms with Gasteiger partial charge in [0.2, 0.25) is 10.0 Å². The van der Waals surface area contributed by atoms with Gasteiger partial charge in [0, 0.05) is 11.6 Å².